The summed E-state index contributed by atoms with van der Waals surface area (Å²) in [5, 5.41) is 0. The van der Waals surface area contributed by atoms with E-state index in [0.717, 1.165) is 43.4 Å². The number of allylic oxidation sites excluding steroid dienone is 1. The van der Waals surface area contributed by atoms with Gasteiger partial charge in [0.25, 0.3) is 0 Å². The van der Waals surface area contributed by atoms with Gasteiger partial charge in [-0.15, -0.1) is 0 Å². The normalized spacial score (nSPS) is 47.5. The standard InChI is InChI=1S/C22H32O2/c1-4-22-12-9-16(24)13-15(22)5-6-17-19-8-7-18(14(2)23)21(19,3)11-10-20(17)22/h13,17-20H,4-12H2,1-3H3. The highest BCUT2D eigenvalue weighted by Crippen LogP contribution is 2.67. The van der Waals surface area contributed by atoms with Crippen LogP contribution in [0.1, 0.15) is 78.6 Å². The molecule has 0 aliphatic heterocycles. The van der Waals surface area contributed by atoms with Crippen LogP contribution in [-0.2, 0) is 9.59 Å². The minimum absolute atomic E-state index is 0.244. The van der Waals surface area contributed by atoms with Gasteiger partial charge in [0.2, 0.25) is 0 Å². The van der Waals surface area contributed by atoms with E-state index in [2.05, 4.69) is 13.8 Å². The summed E-state index contributed by atoms with van der Waals surface area (Å²) in [5.74, 6) is 3.32. The van der Waals surface area contributed by atoms with Gasteiger partial charge in [-0.1, -0.05) is 19.4 Å². The molecule has 132 valence electrons. The van der Waals surface area contributed by atoms with Crippen LogP contribution < -0.4 is 0 Å². The highest BCUT2D eigenvalue weighted by atomic mass is 16.1. The maximum absolute atomic E-state index is 12.2. The fraction of sp³-hybridized carbons (Fsp3) is 0.818. The van der Waals surface area contributed by atoms with E-state index in [1.165, 1.54) is 37.7 Å². The van der Waals surface area contributed by atoms with Crippen LogP contribution in [0.2, 0.25) is 0 Å². The first kappa shape index (κ1) is 16.5. The Morgan fingerprint density at radius 3 is 2.62 bits per heavy atom. The van der Waals surface area contributed by atoms with Crippen molar-refractivity contribution in [3.8, 4) is 0 Å². The quantitative estimate of drug-likeness (QED) is 0.705. The van der Waals surface area contributed by atoms with Gasteiger partial charge in [-0.3, -0.25) is 9.59 Å². The molecule has 0 aromatic heterocycles. The van der Waals surface area contributed by atoms with Gasteiger partial charge in [-0.05, 0) is 93.0 Å². The molecule has 0 N–H and O–H groups in total. The minimum Gasteiger partial charge on any atom is -0.300 e. The van der Waals surface area contributed by atoms with Gasteiger partial charge < -0.3 is 0 Å². The number of rotatable bonds is 2. The van der Waals surface area contributed by atoms with E-state index < -0.39 is 0 Å². The number of fused-ring (bicyclic) bond motifs is 5. The van der Waals surface area contributed by atoms with Gasteiger partial charge in [0.1, 0.15) is 5.78 Å². The van der Waals surface area contributed by atoms with Crippen molar-refractivity contribution in [3.05, 3.63) is 11.6 Å². The van der Waals surface area contributed by atoms with Gasteiger partial charge in [-0.25, -0.2) is 0 Å². The topological polar surface area (TPSA) is 34.1 Å². The summed E-state index contributed by atoms with van der Waals surface area (Å²) >= 11 is 0. The molecule has 0 aromatic carbocycles. The average Bonchev–Trinajstić information content (AvgIpc) is 2.91. The maximum atomic E-state index is 12.2. The molecule has 24 heavy (non-hydrogen) atoms. The molecule has 3 fully saturated rings. The van der Waals surface area contributed by atoms with Crippen molar-refractivity contribution in [2.75, 3.05) is 0 Å². The third kappa shape index (κ3) is 2.07. The summed E-state index contributed by atoms with van der Waals surface area (Å²) in [4.78, 5) is 24.2. The number of Topliss-reactive ketones (excluding diaryl/α,β-unsaturated/α-hetero) is 1. The Hall–Kier alpha value is -0.920. The molecule has 0 radical (unpaired) electrons. The molecule has 4 rings (SSSR count). The third-order valence-corrected chi connectivity index (χ3v) is 8.81. The highest BCUT2D eigenvalue weighted by Gasteiger charge is 2.60. The summed E-state index contributed by atoms with van der Waals surface area (Å²) in [7, 11) is 0. The molecule has 0 bridgehead atoms. The zero-order chi connectivity index (χ0) is 17.1. The van der Waals surface area contributed by atoms with Gasteiger partial charge in [-0.2, -0.15) is 0 Å². The monoisotopic (exact) mass is 328 g/mol. The summed E-state index contributed by atoms with van der Waals surface area (Å²) in [6.45, 7) is 6.57. The molecule has 3 saturated carbocycles. The molecule has 0 spiro atoms. The summed E-state index contributed by atoms with van der Waals surface area (Å²) < 4.78 is 0. The smallest absolute Gasteiger partial charge is 0.155 e. The van der Waals surface area contributed by atoms with Crippen LogP contribution in [0, 0.1) is 34.5 Å². The fourth-order valence-electron chi connectivity index (χ4n) is 7.69. The van der Waals surface area contributed by atoms with Gasteiger partial charge in [0.05, 0.1) is 0 Å². The van der Waals surface area contributed by atoms with Crippen LogP contribution >= 0.6 is 0 Å². The molecule has 6 atom stereocenters. The van der Waals surface area contributed by atoms with E-state index in [1.54, 1.807) is 0 Å². The predicted molar refractivity (Wildman–Crippen MR) is 95.5 cm³/mol. The first-order chi connectivity index (χ1) is 11.4. The Labute approximate surface area is 146 Å². The van der Waals surface area contributed by atoms with E-state index in [0.29, 0.717) is 22.9 Å². The fourth-order valence-corrected chi connectivity index (χ4v) is 7.69. The number of hydrogen-bond donors (Lipinski definition) is 0. The molecule has 0 heterocycles. The minimum atomic E-state index is 0.244. The van der Waals surface area contributed by atoms with Crippen LogP contribution in [0.25, 0.3) is 0 Å². The molecule has 4 aliphatic rings. The van der Waals surface area contributed by atoms with Crippen molar-refractivity contribution in [1.29, 1.82) is 0 Å². The van der Waals surface area contributed by atoms with Crippen molar-refractivity contribution in [2.45, 2.75) is 78.6 Å². The molecule has 0 aromatic rings. The summed E-state index contributed by atoms with van der Waals surface area (Å²) in [6, 6.07) is 0. The SMILES string of the molecule is CCC12CCC(=O)C=C1CCC1C2CCC2(C)C(C(C)=O)CCC12. The molecular weight excluding hydrogens is 296 g/mol. The van der Waals surface area contributed by atoms with Crippen molar-refractivity contribution < 1.29 is 9.59 Å². The maximum Gasteiger partial charge on any atom is 0.155 e. The lowest BCUT2D eigenvalue weighted by atomic mass is 9.45. The number of carbonyl (C=O) groups is 2. The third-order valence-electron chi connectivity index (χ3n) is 8.81. The van der Waals surface area contributed by atoms with E-state index in [4.69, 9.17) is 0 Å². The zero-order valence-electron chi connectivity index (χ0n) is 15.6. The Balaban J connectivity index is 1.69. The molecule has 0 amide bonds. The number of hydrogen-bond acceptors (Lipinski definition) is 2. The summed E-state index contributed by atoms with van der Waals surface area (Å²) in [6.07, 6.45) is 12.2. The van der Waals surface area contributed by atoms with E-state index in [-0.39, 0.29) is 5.41 Å². The molecule has 4 aliphatic carbocycles. The van der Waals surface area contributed by atoms with Crippen molar-refractivity contribution in [3.63, 3.8) is 0 Å². The van der Waals surface area contributed by atoms with Gasteiger partial charge >= 0.3 is 0 Å². The molecular formula is C22H32O2. The second-order valence-corrected chi connectivity index (χ2v) is 9.35. The van der Waals surface area contributed by atoms with Crippen molar-refractivity contribution in [2.24, 2.45) is 34.5 Å². The molecule has 6 unspecified atom stereocenters. The lowest BCUT2D eigenvalue weighted by molar-refractivity contribution is -0.129. The van der Waals surface area contributed by atoms with Crippen LogP contribution in [0.4, 0.5) is 0 Å². The predicted octanol–water partition coefficient (Wildman–Crippen LogP) is 5.11. The lowest BCUT2D eigenvalue weighted by Gasteiger charge is -2.59. The van der Waals surface area contributed by atoms with Crippen LogP contribution in [0.15, 0.2) is 11.6 Å². The molecule has 2 nitrogen and oxygen atoms in total. The Morgan fingerprint density at radius 1 is 1.12 bits per heavy atom. The van der Waals surface area contributed by atoms with E-state index in [1.807, 2.05) is 13.0 Å². The van der Waals surface area contributed by atoms with Crippen molar-refractivity contribution in [1.82, 2.24) is 0 Å². The Morgan fingerprint density at radius 2 is 1.92 bits per heavy atom. The molecule has 0 saturated heterocycles. The molecule has 2 heteroatoms. The first-order valence-corrected chi connectivity index (χ1v) is 10.2. The second-order valence-electron chi connectivity index (χ2n) is 9.35. The van der Waals surface area contributed by atoms with E-state index >= 15 is 0 Å². The van der Waals surface area contributed by atoms with E-state index in [9.17, 15) is 9.59 Å². The zero-order valence-corrected chi connectivity index (χ0v) is 15.6. The highest BCUT2D eigenvalue weighted by molar-refractivity contribution is 5.91. The second kappa shape index (κ2) is 5.54. The number of ketones is 2. The average molecular weight is 328 g/mol. The van der Waals surface area contributed by atoms with Crippen LogP contribution in [0.5, 0.6) is 0 Å². The first-order valence-electron chi connectivity index (χ1n) is 10.2. The van der Waals surface area contributed by atoms with Crippen molar-refractivity contribution >= 4 is 11.6 Å². The number of carbonyl (C=O) groups excluding carboxylic acids is 2. The Kier molecular flexibility index (Phi) is 3.82. The van der Waals surface area contributed by atoms with Crippen LogP contribution in [-0.4, -0.2) is 11.6 Å². The van der Waals surface area contributed by atoms with Gasteiger partial charge in [0.15, 0.2) is 5.78 Å². The lowest BCUT2D eigenvalue weighted by Crippen LogP contribution is -2.51. The Bertz CT molecular complexity index is 603. The van der Waals surface area contributed by atoms with Gasteiger partial charge in [0, 0.05) is 12.3 Å². The largest absolute Gasteiger partial charge is 0.300 e. The summed E-state index contributed by atoms with van der Waals surface area (Å²) in [5.41, 5.74) is 2.02. The van der Waals surface area contributed by atoms with Crippen LogP contribution in [0.3, 0.4) is 0 Å².